The van der Waals surface area contributed by atoms with Crippen LogP contribution in [-0.4, -0.2) is 9.13 Å². The van der Waals surface area contributed by atoms with Gasteiger partial charge in [-0.3, -0.25) is 0 Å². The summed E-state index contributed by atoms with van der Waals surface area (Å²) < 4.78 is 4.81. The average molecular weight is 728 g/mol. The van der Waals surface area contributed by atoms with Crippen molar-refractivity contribution in [3.63, 3.8) is 0 Å². The molecule has 2 heterocycles. The summed E-state index contributed by atoms with van der Waals surface area (Å²) in [5, 5.41) is 4.90. The molecular weight excluding hydrogens is 691 g/mol. The number of aromatic nitrogens is 2. The van der Waals surface area contributed by atoms with Crippen molar-refractivity contribution in [1.82, 2.24) is 9.13 Å². The molecule has 3 nitrogen and oxygen atoms in total. The number of rotatable bonds is 7. The van der Waals surface area contributed by atoms with Gasteiger partial charge in [0.05, 0.1) is 27.8 Å². The van der Waals surface area contributed by atoms with Crippen molar-refractivity contribution >= 4 is 60.7 Å². The molecule has 0 unspecified atom stereocenters. The number of benzene rings is 9. The Morgan fingerprint density at radius 1 is 0.298 bits per heavy atom. The molecule has 2 aromatic heterocycles. The molecule has 0 fully saturated rings. The smallest absolute Gasteiger partial charge is 0.0561 e. The van der Waals surface area contributed by atoms with Gasteiger partial charge in [0.1, 0.15) is 0 Å². The maximum Gasteiger partial charge on any atom is 0.0561 e. The largest absolute Gasteiger partial charge is 0.310 e. The van der Waals surface area contributed by atoms with E-state index in [1.54, 1.807) is 0 Å². The van der Waals surface area contributed by atoms with Crippen molar-refractivity contribution in [1.29, 1.82) is 0 Å². The van der Waals surface area contributed by atoms with Crippen LogP contribution in [0, 0.1) is 0 Å². The van der Waals surface area contributed by atoms with Gasteiger partial charge in [-0.1, -0.05) is 152 Å². The van der Waals surface area contributed by atoms with Crippen LogP contribution in [0.1, 0.15) is 0 Å². The number of fused-ring (bicyclic) bond motifs is 6. The minimum Gasteiger partial charge on any atom is -0.310 e. The first-order valence-corrected chi connectivity index (χ1v) is 19.5. The summed E-state index contributed by atoms with van der Waals surface area (Å²) in [6.45, 7) is 0. The van der Waals surface area contributed by atoms with E-state index >= 15 is 0 Å². The van der Waals surface area contributed by atoms with Gasteiger partial charge in [-0.25, -0.2) is 0 Å². The van der Waals surface area contributed by atoms with E-state index in [1.165, 1.54) is 60.3 Å². The van der Waals surface area contributed by atoms with Crippen LogP contribution >= 0.6 is 0 Å². The van der Waals surface area contributed by atoms with Crippen LogP contribution in [0.2, 0.25) is 0 Å². The molecule has 268 valence electrons. The summed E-state index contributed by atoms with van der Waals surface area (Å²) in [5.41, 5.74) is 15.0. The maximum absolute atomic E-state index is 2.45. The Balaban J connectivity index is 1.22. The highest BCUT2D eigenvalue weighted by atomic mass is 15.1. The van der Waals surface area contributed by atoms with Gasteiger partial charge in [-0.05, 0) is 89.5 Å². The first-order valence-electron chi connectivity index (χ1n) is 19.5. The first-order chi connectivity index (χ1) is 28.3. The molecule has 9 aromatic carbocycles. The summed E-state index contributed by atoms with van der Waals surface area (Å²) in [7, 11) is 0. The highest BCUT2D eigenvalue weighted by Crippen LogP contribution is 2.46. The topological polar surface area (TPSA) is 13.1 Å². The van der Waals surface area contributed by atoms with Crippen molar-refractivity contribution in [2.45, 2.75) is 0 Å². The standard InChI is InChI=1S/C54H37N3/c1-5-18-38(19-6-1)44-26-13-15-29-49(44)55(43-32-34-47-46-27-14-16-30-50(46)57(53(47)37-43)41-24-11-4-12-25-41)42-33-35-51-48(36-42)54-45(39-20-7-2-8-21-39)28-17-31-52(54)56(51)40-22-9-3-10-23-40/h1-37H. The van der Waals surface area contributed by atoms with Crippen LogP contribution in [0.4, 0.5) is 17.1 Å². The normalized spacial score (nSPS) is 11.5. The lowest BCUT2D eigenvalue weighted by molar-refractivity contribution is 1.17. The Morgan fingerprint density at radius 2 is 0.789 bits per heavy atom. The highest BCUT2D eigenvalue weighted by Gasteiger charge is 2.23. The molecule has 0 N–H and O–H groups in total. The second-order valence-electron chi connectivity index (χ2n) is 14.5. The third-order valence-electron chi connectivity index (χ3n) is 11.3. The Bertz CT molecular complexity index is 3220. The fourth-order valence-corrected chi connectivity index (χ4v) is 8.82. The summed E-state index contributed by atoms with van der Waals surface area (Å²) in [5.74, 6) is 0. The lowest BCUT2D eigenvalue weighted by Crippen LogP contribution is -2.11. The van der Waals surface area contributed by atoms with Crippen molar-refractivity contribution in [3.8, 4) is 33.6 Å². The Morgan fingerprint density at radius 3 is 1.51 bits per heavy atom. The molecular formula is C54H37N3. The van der Waals surface area contributed by atoms with Gasteiger partial charge in [0.2, 0.25) is 0 Å². The molecule has 0 amide bonds. The number of nitrogens with zero attached hydrogens (tertiary/aromatic N) is 3. The molecule has 0 bridgehead atoms. The Hall–Kier alpha value is -7.62. The van der Waals surface area contributed by atoms with Crippen LogP contribution in [0.5, 0.6) is 0 Å². The third kappa shape index (κ3) is 5.43. The van der Waals surface area contributed by atoms with Gasteiger partial charge in [0, 0.05) is 49.9 Å². The van der Waals surface area contributed by atoms with Crippen LogP contribution in [0.25, 0.3) is 77.2 Å². The van der Waals surface area contributed by atoms with Gasteiger partial charge in [0.25, 0.3) is 0 Å². The zero-order valence-corrected chi connectivity index (χ0v) is 31.2. The fourth-order valence-electron chi connectivity index (χ4n) is 8.82. The highest BCUT2D eigenvalue weighted by molar-refractivity contribution is 6.17. The molecule has 0 aliphatic rings. The number of hydrogen-bond donors (Lipinski definition) is 0. The molecule has 0 aliphatic carbocycles. The molecule has 3 heteroatoms. The van der Waals surface area contributed by atoms with E-state index < -0.39 is 0 Å². The average Bonchev–Trinajstić information content (AvgIpc) is 3.80. The van der Waals surface area contributed by atoms with Crippen LogP contribution in [-0.2, 0) is 0 Å². The van der Waals surface area contributed by atoms with E-state index in [4.69, 9.17) is 0 Å². The molecule has 0 saturated heterocycles. The number of hydrogen-bond acceptors (Lipinski definition) is 1. The predicted octanol–water partition coefficient (Wildman–Crippen LogP) is 14.7. The monoisotopic (exact) mass is 727 g/mol. The van der Waals surface area contributed by atoms with E-state index in [-0.39, 0.29) is 0 Å². The molecule has 0 spiro atoms. The van der Waals surface area contributed by atoms with Crippen molar-refractivity contribution in [3.05, 3.63) is 224 Å². The SMILES string of the molecule is c1ccc(-c2ccccc2N(c2ccc3c(c2)c2c(-c4ccccc4)cccc2n3-c2ccccc2)c2ccc3c4ccccc4n(-c4ccccc4)c3c2)cc1. The second kappa shape index (κ2) is 13.6. The van der Waals surface area contributed by atoms with E-state index in [0.717, 1.165) is 34.0 Å². The lowest BCUT2D eigenvalue weighted by atomic mass is 9.98. The van der Waals surface area contributed by atoms with Crippen LogP contribution < -0.4 is 4.90 Å². The molecule has 0 aliphatic heterocycles. The quantitative estimate of drug-likeness (QED) is 0.159. The van der Waals surface area contributed by atoms with E-state index in [0.29, 0.717) is 0 Å². The summed E-state index contributed by atoms with van der Waals surface area (Å²) in [4.78, 5) is 2.45. The van der Waals surface area contributed by atoms with Crippen molar-refractivity contribution in [2.75, 3.05) is 4.90 Å². The molecule has 11 aromatic rings. The van der Waals surface area contributed by atoms with Crippen molar-refractivity contribution in [2.24, 2.45) is 0 Å². The Labute approximate surface area is 331 Å². The van der Waals surface area contributed by atoms with Gasteiger partial charge < -0.3 is 14.0 Å². The second-order valence-corrected chi connectivity index (χ2v) is 14.5. The molecule has 0 saturated carbocycles. The summed E-state index contributed by atoms with van der Waals surface area (Å²) in [6.07, 6.45) is 0. The molecule has 0 radical (unpaired) electrons. The molecule has 57 heavy (non-hydrogen) atoms. The van der Waals surface area contributed by atoms with E-state index in [2.05, 4.69) is 238 Å². The van der Waals surface area contributed by atoms with Gasteiger partial charge >= 0.3 is 0 Å². The molecule has 11 rings (SSSR count). The zero-order valence-electron chi connectivity index (χ0n) is 31.2. The summed E-state index contributed by atoms with van der Waals surface area (Å²) >= 11 is 0. The number of anilines is 3. The molecule has 0 atom stereocenters. The van der Waals surface area contributed by atoms with Crippen LogP contribution in [0.3, 0.4) is 0 Å². The Kier molecular flexibility index (Phi) is 7.82. The lowest BCUT2D eigenvalue weighted by Gasteiger charge is -2.28. The van der Waals surface area contributed by atoms with E-state index in [9.17, 15) is 0 Å². The fraction of sp³-hybridized carbons (Fsp3) is 0. The zero-order chi connectivity index (χ0) is 37.7. The minimum absolute atomic E-state index is 1.08. The van der Waals surface area contributed by atoms with Crippen LogP contribution in [0.15, 0.2) is 224 Å². The van der Waals surface area contributed by atoms with Gasteiger partial charge in [0.15, 0.2) is 0 Å². The summed E-state index contributed by atoms with van der Waals surface area (Å²) in [6, 6.07) is 81.2. The number of para-hydroxylation sites is 4. The van der Waals surface area contributed by atoms with Gasteiger partial charge in [-0.2, -0.15) is 0 Å². The minimum atomic E-state index is 1.08. The first kappa shape index (κ1) is 32.8. The van der Waals surface area contributed by atoms with Gasteiger partial charge in [-0.15, -0.1) is 0 Å². The van der Waals surface area contributed by atoms with E-state index in [1.807, 2.05) is 0 Å². The third-order valence-corrected chi connectivity index (χ3v) is 11.3. The predicted molar refractivity (Wildman–Crippen MR) is 241 cm³/mol. The van der Waals surface area contributed by atoms with Crippen molar-refractivity contribution < 1.29 is 0 Å². The maximum atomic E-state index is 2.45.